The molecule has 1 heterocycles. The molecule has 0 unspecified atom stereocenters. The van der Waals surface area contributed by atoms with Crippen LogP contribution in [0.1, 0.15) is 83.1 Å². The lowest BCUT2D eigenvalue weighted by molar-refractivity contribution is -0.253. The predicted molar refractivity (Wildman–Crippen MR) is 115 cm³/mol. The number of carbonyl (C=O) groups is 1. The molecule has 3 N–H and O–H groups in total. The van der Waals surface area contributed by atoms with E-state index in [1.165, 1.54) is 6.07 Å². The number of fused-ring (bicyclic) bond motifs is 5. The highest BCUT2D eigenvalue weighted by atomic mass is 16.7. The molecule has 0 bridgehead atoms. The molecule has 5 rings (SSSR count). The molecule has 0 aromatic carbocycles. The van der Waals surface area contributed by atoms with Crippen molar-refractivity contribution in [2.75, 3.05) is 0 Å². The lowest BCUT2D eigenvalue weighted by Crippen LogP contribution is -2.67. The van der Waals surface area contributed by atoms with E-state index in [4.69, 9.17) is 14.3 Å². The summed E-state index contributed by atoms with van der Waals surface area (Å²) in [6.07, 6.45) is 6.02. The van der Waals surface area contributed by atoms with E-state index < -0.39 is 23.5 Å². The van der Waals surface area contributed by atoms with Gasteiger partial charge in [0.1, 0.15) is 6.10 Å². The van der Waals surface area contributed by atoms with Gasteiger partial charge in [0.25, 0.3) is 0 Å². The molecule has 0 spiro atoms. The molecule has 7 heteroatoms. The third kappa shape index (κ3) is 2.86. The van der Waals surface area contributed by atoms with Gasteiger partial charge in [-0.2, -0.15) is 0 Å². The van der Waals surface area contributed by atoms with Gasteiger partial charge in [-0.1, -0.05) is 13.8 Å². The summed E-state index contributed by atoms with van der Waals surface area (Å²) in [5.74, 6) is 0.396. The number of ether oxygens (including phenoxy) is 1. The molecule has 0 aliphatic heterocycles. The van der Waals surface area contributed by atoms with Crippen molar-refractivity contribution in [2.45, 2.75) is 94.9 Å². The van der Waals surface area contributed by atoms with Crippen LogP contribution in [0.4, 0.5) is 4.79 Å². The molecule has 4 aliphatic carbocycles. The van der Waals surface area contributed by atoms with Gasteiger partial charge in [-0.3, -0.25) is 0 Å². The van der Waals surface area contributed by atoms with Crippen molar-refractivity contribution in [3.05, 3.63) is 34.4 Å². The van der Waals surface area contributed by atoms with Crippen LogP contribution in [0.3, 0.4) is 0 Å². The fourth-order valence-corrected chi connectivity index (χ4v) is 8.52. The minimum Gasteiger partial charge on any atom is -0.450 e. The molecule has 176 valence electrons. The Morgan fingerprint density at radius 1 is 1.00 bits per heavy atom. The highest BCUT2D eigenvalue weighted by Crippen LogP contribution is 2.71. The van der Waals surface area contributed by atoms with E-state index in [9.17, 15) is 19.8 Å². The highest BCUT2D eigenvalue weighted by Gasteiger charge is 2.70. The largest absolute Gasteiger partial charge is 0.506 e. The van der Waals surface area contributed by atoms with Crippen LogP contribution in [0, 0.1) is 22.7 Å². The fraction of sp³-hybridized carbons (Fsp3) is 0.760. The first kappa shape index (κ1) is 22.0. The Morgan fingerprint density at radius 3 is 2.41 bits per heavy atom. The standard InChI is InChI=1S/C25H34O7/c1-22-9-5-16(32-21(27)28)13-24(22,29)11-7-19-18(22)6-10-23(2)17(8-12-25(19,23)30)15-3-4-20(26)31-14-15/h3-4,14,16-19,29-30H,5-13H2,1-2H3,(H,27,28)/t16-,17+,18-,19+,22+,23+,24-,25-/m0/s1. The topological polar surface area (TPSA) is 117 Å². The summed E-state index contributed by atoms with van der Waals surface area (Å²) in [7, 11) is 0. The van der Waals surface area contributed by atoms with Gasteiger partial charge in [-0.15, -0.1) is 0 Å². The van der Waals surface area contributed by atoms with Crippen LogP contribution in [-0.4, -0.2) is 38.8 Å². The van der Waals surface area contributed by atoms with Crippen LogP contribution in [0.25, 0.3) is 0 Å². The molecule has 4 aliphatic rings. The number of hydrogen-bond acceptors (Lipinski definition) is 6. The third-order valence-corrected chi connectivity index (χ3v) is 10.3. The normalized spacial score (nSPS) is 47.8. The number of aliphatic hydroxyl groups is 2. The van der Waals surface area contributed by atoms with Crippen molar-refractivity contribution >= 4 is 6.16 Å². The summed E-state index contributed by atoms with van der Waals surface area (Å²) in [4.78, 5) is 22.5. The molecule has 1 aromatic rings. The average molecular weight is 447 g/mol. The quantitative estimate of drug-likeness (QED) is 0.587. The summed E-state index contributed by atoms with van der Waals surface area (Å²) in [5.41, 5.74) is -1.89. The molecule has 4 saturated carbocycles. The SMILES string of the molecule is C[C@]12CC[C@H](OC(=O)O)C[C@@]1(O)CC[C@@H]1[C@@H]2CC[C@]2(C)[C@@H](c3ccc(=O)oc3)CC[C@]12O. The second-order valence-corrected chi connectivity index (χ2v) is 11.3. The number of rotatable bonds is 2. The molecule has 32 heavy (non-hydrogen) atoms. The van der Waals surface area contributed by atoms with Crippen LogP contribution < -0.4 is 5.63 Å². The summed E-state index contributed by atoms with van der Waals surface area (Å²) < 4.78 is 10.2. The molecular weight excluding hydrogens is 412 g/mol. The van der Waals surface area contributed by atoms with Crippen molar-refractivity contribution < 1.29 is 29.3 Å². The predicted octanol–water partition coefficient (Wildman–Crippen LogP) is 4.06. The second kappa shape index (κ2) is 7.07. The Bertz CT molecular complexity index is 953. The van der Waals surface area contributed by atoms with E-state index in [2.05, 4.69) is 13.8 Å². The fourth-order valence-electron chi connectivity index (χ4n) is 8.52. The van der Waals surface area contributed by atoms with Gasteiger partial charge < -0.3 is 24.5 Å². The van der Waals surface area contributed by atoms with E-state index in [-0.39, 0.29) is 34.2 Å². The van der Waals surface area contributed by atoms with E-state index in [0.717, 1.165) is 31.2 Å². The monoisotopic (exact) mass is 446 g/mol. The lowest BCUT2D eigenvalue weighted by atomic mass is 9.42. The molecular formula is C25H34O7. The molecule has 0 saturated heterocycles. The van der Waals surface area contributed by atoms with Crippen molar-refractivity contribution in [1.29, 1.82) is 0 Å². The van der Waals surface area contributed by atoms with Gasteiger partial charge in [-0.05, 0) is 86.2 Å². The van der Waals surface area contributed by atoms with Gasteiger partial charge in [0, 0.05) is 17.9 Å². The van der Waals surface area contributed by atoms with Crippen molar-refractivity contribution in [2.24, 2.45) is 22.7 Å². The van der Waals surface area contributed by atoms with Gasteiger partial charge >= 0.3 is 11.8 Å². The maximum Gasteiger partial charge on any atom is 0.506 e. The zero-order valence-electron chi connectivity index (χ0n) is 18.9. The summed E-state index contributed by atoms with van der Waals surface area (Å²) in [6.45, 7) is 4.33. The van der Waals surface area contributed by atoms with Gasteiger partial charge in [0.15, 0.2) is 0 Å². The first-order valence-corrected chi connectivity index (χ1v) is 12.0. The van der Waals surface area contributed by atoms with E-state index >= 15 is 0 Å². The summed E-state index contributed by atoms with van der Waals surface area (Å²) in [5, 5.41) is 33.0. The van der Waals surface area contributed by atoms with Crippen LogP contribution in [0.5, 0.6) is 0 Å². The van der Waals surface area contributed by atoms with Crippen molar-refractivity contribution in [3.63, 3.8) is 0 Å². The zero-order chi connectivity index (χ0) is 22.9. The summed E-state index contributed by atoms with van der Waals surface area (Å²) in [6, 6.07) is 3.30. The van der Waals surface area contributed by atoms with Crippen LogP contribution >= 0.6 is 0 Å². The Labute approximate surface area is 187 Å². The Kier molecular flexibility index (Phi) is 4.85. The highest BCUT2D eigenvalue weighted by molar-refractivity contribution is 5.57. The smallest absolute Gasteiger partial charge is 0.450 e. The van der Waals surface area contributed by atoms with Crippen LogP contribution in [-0.2, 0) is 4.74 Å². The van der Waals surface area contributed by atoms with E-state index in [1.807, 2.05) is 6.07 Å². The van der Waals surface area contributed by atoms with Crippen LogP contribution in [0.2, 0.25) is 0 Å². The van der Waals surface area contributed by atoms with Gasteiger partial charge in [0.2, 0.25) is 0 Å². The van der Waals surface area contributed by atoms with Crippen molar-refractivity contribution in [3.8, 4) is 0 Å². The minimum atomic E-state index is -1.28. The number of carboxylic acid groups (broad SMARTS) is 1. The van der Waals surface area contributed by atoms with Crippen molar-refractivity contribution in [1.82, 2.24) is 0 Å². The Hall–Kier alpha value is -1.86. The zero-order valence-corrected chi connectivity index (χ0v) is 18.9. The molecule has 7 nitrogen and oxygen atoms in total. The average Bonchev–Trinajstić information content (AvgIpc) is 3.00. The molecule has 4 fully saturated rings. The maximum absolute atomic E-state index is 12.2. The molecule has 1 aromatic heterocycles. The lowest BCUT2D eigenvalue weighted by Gasteiger charge is -2.66. The third-order valence-electron chi connectivity index (χ3n) is 10.3. The molecule has 8 atom stereocenters. The van der Waals surface area contributed by atoms with Crippen LogP contribution in [0.15, 0.2) is 27.6 Å². The minimum absolute atomic E-state index is 0.0872. The Balaban J connectivity index is 1.44. The first-order valence-electron chi connectivity index (χ1n) is 12.0. The van der Waals surface area contributed by atoms with E-state index in [0.29, 0.717) is 32.1 Å². The van der Waals surface area contributed by atoms with Gasteiger partial charge in [0.05, 0.1) is 17.5 Å². The first-order chi connectivity index (χ1) is 15.0. The molecule has 0 radical (unpaired) electrons. The molecule has 0 amide bonds. The second-order valence-electron chi connectivity index (χ2n) is 11.3. The maximum atomic E-state index is 12.2. The van der Waals surface area contributed by atoms with Gasteiger partial charge in [-0.25, -0.2) is 9.59 Å². The Morgan fingerprint density at radius 2 is 1.72 bits per heavy atom. The summed E-state index contributed by atoms with van der Waals surface area (Å²) >= 11 is 0. The number of hydrogen-bond donors (Lipinski definition) is 3. The van der Waals surface area contributed by atoms with E-state index in [1.54, 1.807) is 6.26 Å².